The summed E-state index contributed by atoms with van der Waals surface area (Å²) in [6.07, 6.45) is 2.83. The lowest BCUT2D eigenvalue weighted by atomic mass is 10.1. The number of carbonyl (C=O) groups excluding carboxylic acids is 1. The number of aromatic nitrogens is 4. The zero-order valence-electron chi connectivity index (χ0n) is 18.6. The molecule has 3 aromatic rings. The molecule has 34 heavy (non-hydrogen) atoms. The van der Waals surface area contributed by atoms with Crippen LogP contribution in [0, 0.1) is 6.92 Å². The molecule has 0 aromatic carbocycles. The molecular weight excluding hydrogens is 438 g/mol. The van der Waals surface area contributed by atoms with Crippen LogP contribution in [0.2, 0.25) is 0 Å². The smallest absolute Gasteiger partial charge is 0.329 e. The fourth-order valence-electron chi connectivity index (χ4n) is 4.23. The van der Waals surface area contributed by atoms with Crippen molar-refractivity contribution in [2.75, 3.05) is 41.4 Å². The number of pyridine rings is 2. The lowest BCUT2D eigenvalue weighted by Crippen LogP contribution is -2.48. The second-order valence-electron chi connectivity index (χ2n) is 8.30. The molecule has 2 aliphatic rings. The van der Waals surface area contributed by atoms with Crippen molar-refractivity contribution in [2.24, 2.45) is 0 Å². The maximum Gasteiger partial charge on any atom is 0.329 e. The van der Waals surface area contributed by atoms with Crippen LogP contribution in [0.4, 0.5) is 22.1 Å². The molecule has 1 fully saturated rings. The molecule has 3 aromatic heterocycles. The molecule has 1 saturated heterocycles. The minimum absolute atomic E-state index is 0.00770. The average Bonchev–Trinajstić information content (AvgIpc) is 3.26. The lowest BCUT2D eigenvalue weighted by molar-refractivity contribution is 0.0521. The van der Waals surface area contributed by atoms with Crippen molar-refractivity contribution in [3.05, 3.63) is 48.5 Å². The molecule has 5 heterocycles. The summed E-state index contributed by atoms with van der Waals surface area (Å²) >= 11 is 0. The third-order valence-electron chi connectivity index (χ3n) is 5.87. The normalized spacial score (nSPS) is 17.3. The summed E-state index contributed by atoms with van der Waals surface area (Å²) in [6, 6.07) is 8.97. The minimum atomic E-state index is -1.02. The zero-order chi connectivity index (χ0) is 23.7. The summed E-state index contributed by atoms with van der Waals surface area (Å²) in [4.78, 5) is 34.6. The number of hydrogen-bond donors (Lipinski definition) is 3. The van der Waals surface area contributed by atoms with Gasteiger partial charge in [-0.2, -0.15) is 0 Å². The van der Waals surface area contributed by atoms with Gasteiger partial charge in [0, 0.05) is 36.6 Å². The number of aryl methyl sites for hydroxylation is 1. The van der Waals surface area contributed by atoms with E-state index in [-0.39, 0.29) is 30.4 Å². The van der Waals surface area contributed by atoms with E-state index in [4.69, 9.17) is 14.8 Å². The van der Waals surface area contributed by atoms with Crippen molar-refractivity contribution in [1.82, 2.24) is 19.9 Å². The first-order valence-electron chi connectivity index (χ1n) is 11.0. The highest BCUT2D eigenvalue weighted by Gasteiger charge is 2.40. The second kappa shape index (κ2) is 9.20. The molecule has 1 unspecified atom stereocenters. The monoisotopic (exact) mass is 463 g/mol. The first-order valence-corrected chi connectivity index (χ1v) is 11.0. The summed E-state index contributed by atoms with van der Waals surface area (Å²) in [6.45, 7) is 2.98. The number of urea groups is 1. The van der Waals surface area contributed by atoms with Crippen molar-refractivity contribution in [3.63, 3.8) is 0 Å². The number of anilines is 3. The standard InChI is InChI=1S/C23H25N7O4/c1-14-8-15(4-6-24-14)18-2-3-19-22(27-18)30(16-5-7-29(19)10-16)23(33)28-20-9-21(26-13-25-20)34-12-17(32)11-31/h2-4,6,8-9,13,16-17,31-32H,5,7,10-12H2,1H3,(H,25,26,28,33)/t16?,17-/m0/s1. The number of hydrogen-bond acceptors (Lipinski definition) is 9. The van der Waals surface area contributed by atoms with Crippen LogP contribution in [0.1, 0.15) is 12.1 Å². The Balaban J connectivity index is 1.41. The largest absolute Gasteiger partial charge is 0.475 e. The van der Waals surface area contributed by atoms with Gasteiger partial charge in [0.15, 0.2) is 5.82 Å². The fraction of sp³-hybridized carbons (Fsp3) is 0.348. The van der Waals surface area contributed by atoms with E-state index in [1.165, 1.54) is 12.4 Å². The predicted octanol–water partition coefficient (Wildman–Crippen LogP) is 1.60. The minimum Gasteiger partial charge on any atom is -0.475 e. The Bertz CT molecular complexity index is 1210. The van der Waals surface area contributed by atoms with Crippen LogP contribution < -0.4 is 19.9 Å². The van der Waals surface area contributed by atoms with Gasteiger partial charge in [-0.05, 0) is 37.6 Å². The van der Waals surface area contributed by atoms with E-state index in [2.05, 4.69) is 25.2 Å². The second-order valence-corrected chi connectivity index (χ2v) is 8.30. The van der Waals surface area contributed by atoms with Gasteiger partial charge in [-0.3, -0.25) is 15.2 Å². The van der Waals surface area contributed by atoms with Gasteiger partial charge >= 0.3 is 6.03 Å². The quantitative estimate of drug-likeness (QED) is 0.498. The number of aliphatic hydroxyl groups excluding tert-OH is 2. The molecule has 2 atom stereocenters. The van der Waals surface area contributed by atoms with Crippen LogP contribution in [-0.2, 0) is 0 Å². The Kier molecular flexibility index (Phi) is 5.95. The first kappa shape index (κ1) is 22.0. The highest BCUT2D eigenvalue weighted by atomic mass is 16.5. The molecule has 0 aliphatic carbocycles. The van der Waals surface area contributed by atoms with E-state index in [1.807, 2.05) is 31.2 Å². The van der Waals surface area contributed by atoms with Crippen molar-refractivity contribution in [3.8, 4) is 17.1 Å². The van der Waals surface area contributed by atoms with E-state index >= 15 is 0 Å². The summed E-state index contributed by atoms with van der Waals surface area (Å²) in [5.41, 5.74) is 3.52. The molecule has 3 N–H and O–H groups in total. The Hall–Kier alpha value is -3.83. The van der Waals surface area contributed by atoms with E-state index in [9.17, 15) is 9.90 Å². The Morgan fingerprint density at radius 1 is 1.26 bits per heavy atom. The maximum atomic E-state index is 13.4. The van der Waals surface area contributed by atoms with Crippen LogP contribution in [0.25, 0.3) is 11.3 Å². The lowest BCUT2D eigenvalue weighted by Gasteiger charge is -2.35. The third kappa shape index (κ3) is 4.35. The molecule has 0 radical (unpaired) electrons. The summed E-state index contributed by atoms with van der Waals surface area (Å²) in [5.74, 6) is 1.04. The Morgan fingerprint density at radius 3 is 2.97 bits per heavy atom. The molecule has 11 nitrogen and oxygen atoms in total. The molecule has 176 valence electrons. The summed E-state index contributed by atoms with van der Waals surface area (Å²) in [5, 5.41) is 21.2. The number of aliphatic hydroxyl groups is 2. The van der Waals surface area contributed by atoms with Gasteiger partial charge in [0.1, 0.15) is 24.9 Å². The van der Waals surface area contributed by atoms with Gasteiger partial charge in [0.2, 0.25) is 5.88 Å². The highest BCUT2D eigenvalue weighted by molar-refractivity contribution is 6.04. The number of nitrogens with zero attached hydrogens (tertiary/aromatic N) is 6. The van der Waals surface area contributed by atoms with Crippen molar-refractivity contribution >= 4 is 23.4 Å². The molecule has 2 amide bonds. The Labute approximate surface area is 196 Å². The van der Waals surface area contributed by atoms with Gasteiger partial charge in [0.25, 0.3) is 0 Å². The number of nitrogens with one attached hydrogen (secondary N) is 1. The third-order valence-corrected chi connectivity index (χ3v) is 5.87. The molecule has 2 bridgehead atoms. The Morgan fingerprint density at radius 2 is 2.15 bits per heavy atom. The van der Waals surface area contributed by atoms with E-state index in [1.54, 1.807) is 11.1 Å². The number of fused-ring (bicyclic) bond motifs is 4. The summed E-state index contributed by atoms with van der Waals surface area (Å²) in [7, 11) is 0. The zero-order valence-corrected chi connectivity index (χ0v) is 18.6. The van der Waals surface area contributed by atoms with Gasteiger partial charge in [-0.1, -0.05) is 0 Å². The number of carbonyl (C=O) groups is 1. The number of ether oxygens (including phenoxy) is 1. The summed E-state index contributed by atoms with van der Waals surface area (Å²) < 4.78 is 5.36. The van der Waals surface area contributed by atoms with Crippen molar-refractivity contribution < 1.29 is 19.7 Å². The van der Waals surface area contributed by atoms with Crippen LogP contribution in [0.5, 0.6) is 5.88 Å². The molecular formula is C23H25N7O4. The molecule has 0 spiro atoms. The van der Waals surface area contributed by atoms with Crippen LogP contribution in [-0.4, -0.2) is 74.6 Å². The SMILES string of the molecule is Cc1cc(-c2ccc3c(n2)N(C(=O)Nc2cc(OC[C@@H](O)CO)ncn2)C2CCN3C2)ccn1. The van der Waals surface area contributed by atoms with Crippen LogP contribution >= 0.6 is 0 Å². The van der Waals surface area contributed by atoms with Crippen molar-refractivity contribution in [2.45, 2.75) is 25.5 Å². The van der Waals surface area contributed by atoms with E-state index in [0.717, 1.165) is 42.1 Å². The molecule has 0 saturated carbocycles. The van der Waals surface area contributed by atoms with Crippen LogP contribution in [0.15, 0.2) is 42.9 Å². The number of rotatable bonds is 6. The van der Waals surface area contributed by atoms with Crippen molar-refractivity contribution in [1.29, 1.82) is 0 Å². The first-order chi connectivity index (χ1) is 16.5. The fourth-order valence-corrected chi connectivity index (χ4v) is 4.23. The van der Waals surface area contributed by atoms with Gasteiger partial charge in [0.05, 0.1) is 24.0 Å². The van der Waals surface area contributed by atoms with Gasteiger partial charge in [-0.15, -0.1) is 0 Å². The topological polar surface area (TPSA) is 137 Å². The van der Waals surface area contributed by atoms with E-state index in [0.29, 0.717) is 5.82 Å². The highest BCUT2D eigenvalue weighted by Crippen LogP contribution is 2.40. The molecule has 11 heteroatoms. The maximum absolute atomic E-state index is 13.4. The van der Waals surface area contributed by atoms with Crippen LogP contribution in [0.3, 0.4) is 0 Å². The molecule has 2 aliphatic heterocycles. The average molecular weight is 463 g/mol. The van der Waals surface area contributed by atoms with Gasteiger partial charge < -0.3 is 19.8 Å². The number of amides is 2. The molecule has 5 rings (SSSR count). The predicted molar refractivity (Wildman–Crippen MR) is 125 cm³/mol. The van der Waals surface area contributed by atoms with Gasteiger partial charge in [-0.25, -0.2) is 19.7 Å². The van der Waals surface area contributed by atoms with E-state index < -0.39 is 12.7 Å².